The second-order valence-corrected chi connectivity index (χ2v) is 7.63. The number of aromatic nitrogens is 1. The molecule has 1 aromatic carbocycles. The maximum Gasteiger partial charge on any atom is 0.167 e. The van der Waals surface area contributed by atoms with E-state index in [0.717, 1.165) is 41.5 Å². The Morgan fingerprint density at radius 3 is 2.44 bits per heavy atom. The number of nitrogens with zero attached hydrogens (tertiary/aromatic N) is 1. The van der Waals surface area contributed by atoms with E-state index in [1.807, 2.05) is 17.4 Å². The van der Waals surface area contributed by atoms with Crippen LogP contribution in [0.25, 0.3) is 16.6 Å². The summed E-state index contributed by atoms with van der Waals surface area (Å²) in [4.78, 5) is 12.0. The third-order valence-corrected chi connectivity index (χ3v) is 5.62. The first-order valence-electron chi connectivity index (χ1n) is 9.82. The lowest BCUT2D eigenvalue weighted by atomic mass is 9.81. The molecular formula is C24H29NO2. The molecule has 0 fully saturated rings. The number of fused-ring (bicyclic) bond motifs is 1. The maximum absolute atomic E-state index is 12.0. The van der Waals surface area contributed by atoms with Gasteiger partial charge in [-0.1, -0.05) is 39.8 Å². The van der Waals surface area contributed by atoms with Gasteiger partial charge in [0.15, 0.2) is 6.29 Å². The van der Waals surface area contributed by atoms with Gasteiger partial charge in [0.25, 0.3) is 0 Å². The Balaban J connectivity index is 2.28. The first-order chi connectivity index (χ1) is 12.9. The molecule has 0 aliphatic carbocycles. The van der Waals surface area contributed by atoms with E-state index in [-0.39, 0.29) is 5.41 Å². The highest BCUT2D eigenvalue weighted by atomic mass is 16.5. The van der Waals surface area contributed by atoms with Crippen LogP contribution in [-0.4, -0.2) is 17.3 Å². The third-order valence-electron chi connectivity index (χ3n) is 5.62. The molecule has 2 aromatic heterocycles. The largest absolute Gasteiger partial charge is 0.493 e. The molecule has 0 saturated heterocycles. The number of aldehydes is 1. The zero-order valence-corrected chi connectivity index (χ0v) is 17.0. The van der Waals surface area contributed by atoms with Crippen molar-refractivity contribution in [2.24, 2.45) is 0 Å². The molecule has 0 saturated carbocycles. The first kappa shape index (κ1) is 19.2. The molecule has 3 heteroatoms. The van der Waals surface area contributed by atoms with Crippen molar-refractivity contribution in [1.29, 1.82) is 0 Å². The maximum atomic E-state index is 12.0. The molecule has 3 aromatic rings. The fourth-order valence-electron chi connectivity index (χ4n) is 3.43. The van der Waals surface area contributed by atoms with Crippen LogP contribution < -0.4 is 4.74 Å². The van der Waals surface area contributed by atoms with E-state index in [4.69, 9.17) is 4.74 Å². The number of aryl methyl sites for hydroxylation is 1. The minimum atomic E-state index is 0.0649. The van der Waals surface area contributed by atoms with E-state index in [9.17, 15) is 4.79 Å². The van der Waals surface area contributed by atoms with Crippen LogP contribution >= 0.6 is 0 Å². The van der Waals surface area contributed by atoms with Crippen LogP contribution in [-0.2, 0) is 11.8 Å². The van der Waals surface area contributed by atoms with Crippen molar-refractivity contribution >= 4 is 11.8 Å². The van der Waals surface area contributed by atoms with E-state index in [2.05, 4.69) is 64.2 Å². The lowest BCUT2D eigenvalue weighted by Crippen LogP contribution is -2.15. The summed E-state index contributed by atoms with van der Waals surface area (Å²) in [5.74, 6) is 0.822. The van der Waals surface area contributed by atoms with E-state index in [1.165, 1.54) is 11.1 Å². The zero-order chi connectivity index (χ0) is 19.6. The van der Waals surface area contributed by atoms with Crippen LogP contribution in [0.2, 0.25) is 0 Å². The second-order valence-electron chi connectivity index (χ2n) is 7.63. The fourth-order valence-corrected chi connectivity index (χ4v) is 3.43. The van der Waals surface area contributed by atoms with Gasteiger partial charge in [0.2, 0.25) is 0 Å². The summed E-state index contributed by atoms with van der Waals surface area (Å²) in [6.45, 7) is 11.4. The van der Waals surface area contributed by atoms with Crippen LogP contribution in [0.5, 0.6) is 5.75 Å². The van der Waals surface area contributed by atoms with Crippen LogP contribution in [0.3, 0.4) is 0 Å². The summed E-state index contributed by atoms with van der Waals surface area (Å²) in [5, 5.41) is 0. The molecular weight excluding hydrogens is 334 g/mol. The summed E-state index contributed by atoms with van der Waals surface area (Å²) in [6, 6.07) is 12.7. The summed E-state index contributed by atoms with van der Waals surface area (Å²) in [5.41, 5.74) is 6.13. The number of ether oxygens (including phenoxy) is 1. The van der Waals surface area contributed by atoms with E-state index >= 15 is 0 Å². The molecule has 27 heavy (non-hydrogen) atoms. The van der Waals surface area contributed by atoms with E-state index < -0.39 is 0 Å². The predicted molar refractivity (Wildman–Crippen MR) is 112 cm³/mol. The summed E-state index contributed by atoms with van der Waals surface area (Å²) >= 11 is 0. The molecule has 3 rings (SSSR count). The minimum absolute atomic E-state index is 0.0649. The van der Waals surface area contributed by atoms with Crippen molar-refractivity contribution in [3.05, 3.63) is 59.4 Å². The van der Waals surface area contributed by atoms with Crippen molar-refractivity contribution in [1.82, 2.24) is 4.40 Å². The van der Waals surface area contributed by atoms with Gasteiger partial charge in [-0.25, -0.2) is 0 Å². The standard InChI is InChI=1S/C24H29NO2/c1-6-17-9-11-19-14-20(22(16-26)25(19)15-17)21-13-18(24(4,5)7-2)10-12-23(21)27-8-3/h9-16H,6-8H2,1-5H3. The Hall–Kier alpha value is -2.55. The first-order valence-corrected chi connectivity index (χ1v) is 9.82. The molecule has 142 valence electrons. The van der Waals surface area contributed by atoms with Crippen LogP contribution in [0, 0.1) is 0 Å². The molecule has 0 spiro atoms. The number of rotatable bonds is 7. The molecule has 0 N–H and O–H groups in total. The fraction of sp³-hybridized carbons (Fsp3) is 0.375. The average Bonchev–Trinajstić information content (AvgIpc) is 3.05. The van der Waals surface area contributed by atoms with Gasteiger partial charge in [0.05, 0.1) is 12.3 Å². The van der Waals surface area contributed by atoms with Crippen molar-refractivity contribution < 1.29 is 9.53 Å². The smallest absolute Gasteiger partial charge is 0.167 e. The molecule has 0 atom stereocenters. The number of hydrogen-bond acceptors (Lipinski definition) is 2. The van der Waals surface area contributed by atoms with Gasteiger partial charge < -0.3 is 9.14 Å². The highest BCUT2D eigenvalue weighted by molar-refractivity contribution is 5.91. The molecule has 0 radical (unpaired) electrons. The molecule has 3 nitrogen and oxygen atoms in total. The van der Waals surface area contributed by atoms with E-state index in [1.54, 1.807) is 0 Å². The minimum Gasteiger partial charge on any atom is -0.493 e. The normalized spacial score (nSPS) is 11.7. The lowest BCUT2D eigenvalue weighted by molar-refractivity contribution is 0.111. The predicted octanol–water partition coefficient (Wildman–Crippen LogP) is 6.07. The molecule has 0 unspecified atom stereocenters. The van der Waals surface area contributed by atoms with Gasteiger partial charge in [-0.15, -0.1) is 0 Å². The average molecular weight is 364 g/mol. The number of hydrogen-bond donors (Lipinski definition) is 0. The SMILES string of the molecule is CCOc1ccc(C(C)(C)CC)cc1-c1cc2ccc(CC)cn2c1C=O. The van der Waals surface area contributed by atoms with Crippen molar-refractivity contribution in [2.75, 3.05) is 6.61 Å². The number of pyridine rings is 1. The van der Waals surface area contributed by atoms with Gasteiger partial charge in [0.1, 0.15) is 5.75 Å². The van der Waals surface area contributed by atoms with E-state index in [0.29, 0.717) is 12.3 Å². The zero-order valence-electron chi connectivity index (χ0n) is 17.0. The monoisotopic (exact) mass is 363 g/mol. The Bertz CT molecular complexity index is 966. The molecule has 0 aliphatic rings. The third kappa shape index (κ3) is 3.51. The van der Waals surface area contributed by atoms with Crippen molar-refractivity contribution in [3.8, 4) is 16.9 Å². The lowest BCUT2D eigenvalue weighted by Gasteiger charge is -2.25. The summed E-state index contributed by atoms with van der Waals surface area (Å²) < 4.78 is 7.90. The highest BCUT2D eigenvalue weighted by Crippen LogP contribution is 2.38. The van der Waals surface area contributed by atoms with Crippen molar-refractivity contribution in [2.45, 2.75) is 52.9 Å². The quantitative estimate of drug-likeness (QED) is 0.477. The van der Waals surface area contributed by atoms with Gasteiger partial charge in [-0.2, -0.15) is 0 Å². The van der Waals surface area contributed by atoms with Crippen molar-refractivity contribution in [3.63, 3.8) is 0 Å². The molecule has 0 aliphatic heterocycles. The topological polar surface area (TPSA) is 30.7 Å². The van der Waals surface area contributed by atoms with Gasteiger partial charge in [-0.3, -0.25) is 4.79 Å². The van der Waals surface area contributed by atoms with Gasteiger partial charge >= 0.3 is 0 Å². The Labute approximate surface area is 162 Å². The van der Waals surface area contributed by atoms with Crippen LogP contribution in [0.1, 0.15) is 62.7 Å². The molecule has 0 amide bonds. The van der Waals surface area contributed by atoms with Crippen LogP contribution in [0.15, 0.2) is 42.6 Å². The number of carbonyl (C=O) groups excluding carboxylic acids is 1. The highest BCUT2D eigenvalue weighted by Gasteiger charge is 2.22. The number of carbonyl (C=O) groups is 1. The van der Waals surface area contributed by atoms with Crippen LogP contribution in [0.4, 0.5) is 0 Å². The summed E-state index contributed by atoms with van der Waals surface area (Å²) in [7, 11) is 0. The molecule has 0 bridgehead atoms. The second kappa shape index (κ2) is 7.59. The van der Waals surface area contributed by atoms with Gasteiger partial charge in [-0.05, 0) is 60.6 Å². The van der Waals surface area contributed by atoms with Gasteiger partial charge in [0, 0.05) is 22.8 Å². The summed E-state index contributed by atoms with van der Waals surface area (Å²) in [6.07, 6.45) is 4.99. The Morgan fingerprint density at radius 2 is 1.81 bits per heavy atom. The Kier molecular flexibility index (Phi) is 5.41. The number of benzene rings is 1. The molecule has 2 heterocycles. The Morgan fingerprint density at radius 1 is 1.04 bits per heavy atom.